The molecule has 1 aromatic carbocycles. The third-order valence-electron chi connectivity index (χ3n) is 5.34. The summed E-state index contributed by atoms with van der Waals surface area (Å²) in [6.45, 7) is 5.14. The van der Waals surface area contributed by atoms with Crippen molar-refractivity contribution < 1.29 is 4.74 Å². The lowest BCUT2D eigenvalue weighted by Crippen LogP contribution is -2.36. The van der Waals surface area contributed by atoms with E-state index in [4.69, 9.17) is 20.4 Å². The minimum Gasteiger partial charge on any atom is -0.378 e. The Hall–Kier alpha value is -2.75. The second-order valence-electron chi connectivity index (χ2n) is 7.23. The van der Waals surface area contributed by atoms with Crippen LogP contribution in [0.5, 0.6) is 0 Å². The molecule has 4 heterocycles. The number of nitrogen functional groups attached to an aromatic ring is 1. The quantitative estimate of drug-likeness (QED) is 0.461. The van der Waals surface area contributed by atoms with E-state index in [0.29, 0.717) is 19.0 Å². The molecular formula is C22H22N6OS2. The zero-order valence-electron chi connectivity index (χ0n) is 17.3. The van der Waals surface area contributed by atoms with Crippen LogP contribution < -0.4 is 10.6 Å². The summed E-state index contributed by atoms with van der Waals surface area (Å²) in [5.74, 6) is 1.79. The van der Waals surface area contributed by atoms with E-state index in [1.807, 2.05) is 0 Å². The molecule has 1 aliphatic heterocycles. The zero-order chi connectivity index (χ0) is 21.4. The molecular weight excluding hydrogens is 428 g/mol. The van der Waals surface area contributed by atoms with Crippen molar-refractivity contribution in [1.29, 1.82) is 0 Å². The molecule has 1 fully saturated rings. The summed E-state index contributed by atoms with van der Waals surface area (Å²) in [4.78, 5) is 22.9. The van der Waals surface area contributed by atoms with Crippen molar-refractivity contribution in [3.8, 4) is 21.8 Å². The van der Waals surface area contributed by atoms with E-state index < -0.39 is 0 Å². The first-order valence-corrected chi connectivity index (χ1v) is 12.0. The standard InChI is InChI=1S/C22H22N6OS2/c1-13-17-19(31-18(13)15-5-3-4-6-16(15)30-2)21(28-7-9-29-10-8-28)27-20(26-17)14-11-24-22(23)25-12-14/h3-6,11-12H,7-10H2,1-2H3,(H2,23,24,25). The molecule has 9 heteroatoms. The average Bonchev–Trinajstić information content (AvgIpc) is 3.15. The first-order chi connectivity index (χ1) is 15.2. The van der Waals surface area contributed by atoms with Crippen molar-refractivity contribution in [2.45, 2.75) is 11.8 Å². The summed E-state index contributed by atoms with van der Waals surface area (Å²) in [6.07, 6.45) is 5.47. The number of thiophene rings is 1. The molecule has 3 aromatic heterocycles. The Morgan fingerprint density at radius 2 is 1.84 bits per heavy atom. The Morgan fingerprint density at radius 1 is 1.10 bits per heavy atom. The summed E-state index contributed by atoms with van der Waals surface area (Å²) in [6, 6.07) is 8.51. The van der Waals surface area contributed by atoms with Crippen molar-refractivity contribution in [1.82, 2.24) is 19.9 Å². The fourth-order valence-electron chi connectivity index (χ4n) is 3.73. The van der Waals surface area contributed by atoms with Crippen LogP contribution in [0.2, 0.25) is 0 Å². The molecule has 0 spiro atoms. The summed E-state index contributed by atoms with van der Waals surface area (Å²) in [7, 11) is 0. The highest BCUT2D eigenvalue weighted by atomic mass is 32.2. The fraction of sp³-hybridized carbons (Fsp3) is 0.273. The number of morpholine rings is 1. The van der Waals surface area contributed by atoms with Gasteiger partial charge in [0.05, 0.1) is 29.0 Å². The summed E-state index contributed by atoms with van der Waals surface area (Å²) >= 11 is 3.52. The van der Waals surface area contributed by atoms with Crippen molar-refractivity contribution in [3.63, 3.8) is 0 Å². The lowest BCUT2D eigenvalue weighted by atomic mass is 10.1. The van der Waals surface area contributed by atoms with Crippen molar-refractivity contribution in [3.05, 3.63) is 42.2 Å². The Morgan fingerprint density at radius 3 is 2.58 bits per heavy atom. The lowest BCUT2D eigenvalue weighted by molar-refractivity contribution is 0.122. The molecule has 0 bridgehead atoms. The molecule has 1 aliphatic rings. The number of nitrogens with two attached hydrogens (primary N) is 1. The summed E-state index contributed by atoms with van der Waals surface area (Å²) < 4.78 is 6.67. The largest absolute Gasteiger partial charge is 0.378 e. The number of aryl methyl sites for hydroxylation is 1. The van der Waals surface area contributed by atoms with Crippen LogP contribution in [-0.2, 0) is 4.74 Å². The van der Waals surface area contributed by atoms with Crippen molar-refractivity contribution in [2.24, 2.45) is 0 Å². The molecule has 0 atom stereocenters. The number of benzene rings is 1. The highest BCUT2D eigenvalue weighted by Crippen LogP contribution is 2.44. The maximum Gasteiger partial charge on any atom is 0.219 e. The lowest BCUT2D eigenvalue weighted by Gasteiger charge is -2.28. The number of nitrogens with zero attached hydrogens (tertiary/aromatic N) is 5. The number of thioether (sulfide) groups is 1. The third kappa shape index (κ3) is 3.73. The second-order valence-corrected chi connectivity index (χ2v) is 9.10. The smallest absolute Gasteiger partial charge is 0.219 e. The van der Waals surface area contributed by atoms with Crippen LogP contribution in [0.1, 0.15) is 5.56 Å². The number of hydrogen-bond acceptors (Lipinski definition) is 9. The molecule has 1 saturated heterocycles. The third-order valence-corrected chi connectivity index (χ3v) is 7.45. The van der Waals surface area contributed by atoms with Crippen molar-refractivity contribution in [2.75, 3.05) is 43.2 Å². The van der Waals surface area contributed by atoms with E-state index in [1.54, 1.807) is 35.5 Å². The predicted molar refractivity (Wildman–Crippen MR) is 128 cm³/mol. The molecule has 5 rings (SSSR count). The first-order valence-electron chi connectivity index (χ1n) is 10.0. The molecule has 0 radical (unpaired) electrons. The molecule has 31 heavy (non-hydrogen) atoms. The summed E-state index contributed by atoms with van der Waals surface area (Å²) in [5, 5.41) is 0. The molecule has 7 nitrogen and oxygen atoms in total. The molecule has 158 valence electrons. The van der Waals surface area contributed by atoms with E-state index in [9.17, 15) is 0 Å². The maximum atomic E-state index is 5.68. The molecule has 2 N–H and O–H groups in total. The van der Waals surface area contributed by atoms with Gasteiger partial charge in [0.1, 0.15) is 0 Å². The van der Waals surface area contributed by atoms with E-state index in [1.165, 1.54) is 15.3 Å². The van der Waals surface area contributed by atoms with Crippen LogP contribution in [-0.4, -0.2) is 52.5 Å². The monoisotopic (exact) mass is 450 g/mol. The Balaban J connectivity index is 1.74. The second kappa shape index (κ2) is 8.41. The number of rotatable bonds is 4. The van der Waals surface area contributed by atoms with Gasteiger partial charge in [-0.15, -0.1) is 23.1 Å². The first kappa shape index (κ1) is 20.2. The molecule has 0 unspecified atom stereocenters. The van der Waals surface area contributed by atoms with Crippen LogP contribution >= 0.6 is 23.1 Å². The van der Waals surface area contributed by atoms with Gasteiger partial charge in [-0.25, -0.2) is 19.9 Å². The molecule has 0 saturated carbocycles. The number of aromatic nitrogens is 4. The molecule has 0 amide bonds. The van der Waals surface area contributed by atoms with Gasteiger partial charge in [-0.3, -0.25) is 0 Å². The Bertz CT molecular complexity index is 1230. The number of ether oxygens (including phenoxy) is 1. The Labute approximate surface area is 188 Å². The predicted octanol–water partition coefficient (Wildman–Crippen LogP) is 4.26. The number of anilines is 2. The van der Waals surface area contributed by atoms with Gasteiger partial charge in [0, 0.05) is 40.8 Å². The zero-order valence-corrected chi connectivity index (χ0v) is 19.0. The minimum atomic E-state index is 0.237. The topological polar surface area (TPSA) is 90.0 Å². The van der Waals surface area contributed by atoms with Gasteiger partial charge in [-0.05, 0) is 24.8 Å². The average molecular weight is 451 g/mol. The van der Waals surface area contributed by atoms with Crippen LogP contribution in [0.4, 0.5) is 11.8 Å². The SMILES string of the molecule is CSc1ccccc1-c1sc2c(N3CCOCC3)nc(-c3cnc(N)nc3)nc2c1C. The van der Waals surface area contributed by atoms with E-state index >= 15 is 0 Å². The van der Waals surface area contributed by atoms with Gasteiger partial charge in [0.15, 0.2) is 11.6 Å². The molecule has 0 aliphatic carbocycles. The van der Waals surface area contributed by atoms with Crippen LogP contribution in [0.25, 0.3) is 32.0 Å². The normalized spacial score (nSPS) is 14.3. The summed E-state index contributed by atoms with van der Waals surface area (Å²) in [5.41, 5.74) is 9.80. The van der Waals surface area contributed by atoms with Crippen LogP contribution in [0.15, 0.2) is 41.6 Å². The van der Waals surface area contributed by atoms with E-state index in [0.717, 1.165) is 40.3 Å². The van der Waals surface area contributed by atoms with E-state index in [2.05, 4.69) is 52.3 Å². The van der Waals surface area contributed by atoms with Gasteiger partial charge < -0.3 is 15.4 Å². The van der Waals surface area contributed by atoms with Gasteiger partial charge in [0.25, 0.3) is 0 Å². The number of fused-ring (bicyclic) bond motifs is 1. The van der Waals surface area contributed by atoms with Crippen LogP contribution in [0.3, 0.4) is 0 Å². The number of hydrogen-bond donors (Lipinski definition) is 1. The van der Waals surface area contributed by atoms with Gasteiger partial charge in [-0.2, -0.15) is 0 Å². The van der Waals surface area contributed by atoms with Gasteiger partial charge >= 0.3 is 0 Å². The molecule has 4 aromatic rings. The van der Waals surface area contributed by atoms with Gasteiger partial charge in [-0.1, -0.05) is 18.2 Å². The van der Waals surface area contributed by atoms with Crippen molar-refractivity contribution >= 4 is 45.1 Å². The Kier molecular flexibility index (Phi) is 5.47. The minimum absolute atomic E-state index is 0.237. The van der Waals surface area contributed by atoms with E-state index in [-0.39, 0.29) is 5.95 Å². The highest BCUT2D eigenvalue weighted by molar-refractivity contribution is 7.98. The highest BCUT2D eigenvalue weighted by Gasteiger charge is 2.23. The fourth-order valence-corrected chi connectivity index (χ4v) is 5.71. The van der Waals surface area contributed by atoms with Gasteiger partial charge in [0.2, 0.25) is 5.95 Å². The van der Waals surface area contributed by atoms with Crippen LogP contribution in [0, 0.1) is 6.92 Å². The maximum absolute atomic E-state index is 5.68.